The van der Waals surface area contributed by atoms with E-state index >= 15 is 0 Å². The zero-order chi connectivity index (χ0) is 64.6. The fraction of sp³-hybridized carbons (Fsp3) is 0.0889. The Morgan fingerprint density at radius 3 is 0.568 bits per heavy atom. The Morgan fingerprint density at radius 2 is 0.337 bits per heavy atom. The molecule has 0 atom stereocenters. The average Bonchev–Trinajstić information content (AvgIpc) is 0.742. The number of benzene rings is 15. The van der Waals surface area contributed by atoms with E-state index in [2.05, 4.69) is 412 Å². The van der Waals surface area contributed by atoms with Crippen molar-refractivity contribution < 1.29 is 0 Å². The summed E-state index contributed by atoms with van der Waals surface area (Å²) in [4.78, 5) is 12.3. The molecule has 460 valence electrons. The summed E-state index contributed by atoms with van der Waals surface area (Å²) >= 11 is 0. The van der Waals surface area contributed by atoms with Crippen LogP contribution in [0.25, 0.3) is 43.1 Å². The monoisotopic (exact) mass is 1230 g/mol. The van der Waals surface area contributed by atoms with Crippen LogP contribution in [0.5, 0.6) is 0 Å². The molecule has 0 aromatic heterocycles. The Kier molecular flexibility index (Phi) is 15.8. The van der Waals surface area contributed by atoms with Crippen molar-refractivity contribution in [3.05, 3.63) is 357 Å². The first kappa shape index (κ1) is 59.6. The molecule has 15 rings (SSSR count). The molecule has 0 saturated carbocycles. The highest BCUT2D eigenvalue weighted by Crippen LogP contribution is 2.53. The second kappa shape index (κ2) is 25.1. The zero-order valence-electron chi connectivity index (χ0n) is 54.6. The SMILES string of the molecule is CC(C)(C)c1cc(N(c2ccccc2)c2cccc3c(N(c4ccccc4)c4cc(C(C)(C)C)cc5c(N(c6ccccc6)c6cccc7c(N(c8ccccc8)c8ccccc8)cccc67)cccc45)cccc23)c2cccc(N(c3ccccc3)c3ccccc3)c2c1. The van der Waals surface area contributed by atoms with Crippen molar-refractivity contribution in [2.75, 3.05) is 24.5 Å². The van der Waals surface area contributed by atoms with Gasteiger partial charge in [0.2, 0.25) is 0 Å². The Balaban J connectivity index is 0.951. The van der Waals surface area contributed by atoms with Gasteiger partial charge in [-0.15, -0.1) is 0 Å². The highest BCUT2D eigenvalue weighted by Gasteiger charge is 2.29. The van der Waals surface area contributed by atoms with Crippen molar-refractivity contribution in [1.82, 2.24) is 0 Å². The molecule has 0 saturated heterocycles. The molecule has 0 aliphatic rings. The van der Waals surface area contributed by atoms with Crippen LogP contribution in [0.15, 0.2) is 346 Å². The first-order valence-corrected chi connectivity index (χ1v) is 33.0. The van der Waals surface area contributed by atoms with E-state index in [4.69, 9.17) is 0 Å². The molecular formula is C90H75N5. The van der Waals surface area contributed by atoms with Crippen LogP contribution in [0.4, 0.5) is 85.3 Å². The fourth-order valence-electron chi connectivity index (χ4n) is 13.8. The van der Waals surface area contributed by atoms with Crippen molar-refractivity contribution >= 4 is 128 Å². The predicted molar refractivity (Wildman–Crippen MR) is 407 cm³/mol. The maximum atomic E-state index is 2.52. The molecule has 0 radical (unpaired) electrons. The molecule has 0 aliphatic carbocycles. The lowest BCUT2D eigenvalue weighted by Crippen LogP contribution is -2.17. The molecule has 0 bridgehead atoms. The summed E-state index contributed by atoms with van der Waals surface area (Å²) in [6.07, 6.45) is 0. The maximum absolute atomic E-state index is 2.52. The lowest BCUT2D eigenvalue weighted by molar-refractivity contribution is 0.591. The highest BCUT2D eigenvalue weighted by molar-refractivity contribution is 6.15. The molecular weight excluding hydrogens is 1150 g/mol. The molecule has 0 N–H and O–H groups in total. The van der Waals surface area contributed by atoms with Gasteiger partial charge in [-0.25, -0.2) is 0 Å². The summed E-state index contributed by atoms with van der Waals surface area (Å²) < 4.78 is 0. The third-order valence-corrected chi connectivity index (χ3v) is 18.4. The molecule has 0 spiro atoms. The average molecular weight is 1230 g/mol. The van der Waals surface area contributed by atoms with E-state index in [0.29, 0.717) is 0 Å². The fourth-order valence-corrected chi connectivity index (χ4v) is 13.8. The van der Waals surface area contributed by atoms with Gasteiger partial charge in [-0.2, -0.15) is 0 Å². The van der Waals surface area contributed by atoms with Gasteiger partial charge in [0.05, 0.1) is 45.5 Å². The smallest absolute Gasteiger partial charge is 0.0544 e. The quantitative estimate of drug-likeness (QED) is 0.101. The van der Waals surface area contributed by atoms with Gasteiger partial charge in [0, 0.05) is 82.9 Å². The standard InChI is InChI=1S/C90H75N5/c1-89(2,3)64-60-79-77(52-32-58-85(79)92(68-38-18-9-19-39-68)69-40-20-10-21-41-69)87(62-64)94(71-44-24-12-25-45-71)83-56-30-51-76-75(83)50-31-57-84(76)95(72-46-26-13-27-47-72)88-63-65(90(4,5)6)61-80-78(88)53-33-59-86(80)93(70-42-22-11-23-43-70)82-55-29-48-73-74(82)49-28-54-81(73)91(66-34-14-7-15-35-66)67-36-16-8-17-37-67/h7-63H,1-6H3. The van der Waals surface area contributed by atoms with Crippen molar-refractivity contribution in [3.63, 3.8) is 0 Å². The number of para-hydroxylation sites is 7. The van der Waals surface area contributed by atoms with Gasteiger partial charge in [0.25, 0.3) is 0 Å². The summed E-state index contributed by atoms with van der Waals surface area (Å²) in [7, 11) is 0. The molecule has 5 nitrogen and oxygen atoms in total. The molecule has 5 heteroatoms. The van der Waals surface area contributed by atoms with E-state index in [1.54, 1.807) is 0 Å². The van der Waals surface area contributed by atoms with E-state index in [-0.39, 0.29) is 10.8 Å². The normalized spacial score (nSPS) is 11.7. The minimum absolute atomic E-state index is 0.196. The van der Waals surface area contributed by atoms with E-state index in [9.17, 15) is 0 Å². The number of hydrogen-bond acceptors (Lipinski definition) is 5. The van der Waals surface area contributed by atoms with Gasteiger partial charge in [0.15, 0.2) is 0 Å². The minimum Gasteiger partial charge on any atom is -0.310 e. The third-order valence-electron chi connectivity index (χ3n) is 18.4. The van der Waals surface area contributed by atoms with E-state index in [1.807, 2.05) is 0 Å². The van der Waals surface area contributed by atoms with Gasteiger partial charge < -0.3 is 24.5 Å². The minimum atomic E-state index is -0.242. The molecule has 15 aromatic rings. The van der Waals surface area contributed by atoms with Crippen molar-refractivity contribution in [1.29, 1.82) is 0 Å². The van der Waals surface area contributed by atoms with Crippen LogP contribution in [-0.2, 0) is 10.8 Å². The first-order valence-electron chi connectivity index (χ1n) is 33.0. The largest absolute Gasteiger partial charge is 0.310 e. The summed E-state index contributed by atoms with van der Waals surface area (Å²) in [6.45, 7) is 14.0. The van der Waals surface area contributed by atoms with E-state index in [1.165, 1.54) is 16.5 Å². The van der Waals surface area contributed by atoms with E-state index < -0.39 is 0 Å². The van der Waals surface area contributed by atoms with Crippen LogP contribution < -0.4 is 24.5 Å². The van der Waals surface area contributed by atoms with Gasteiger partial charge in [-0.1, -0.05) is 242 Å². The molecule has 95 heavy (non-hydrogen) atoms. The van der Waals surface area contributed by atoms with Crippen LogP contribution in [0.1, 0.15) is 52.7 Å². The summed E-state index contributed by atoms with van der Waals surface area (Å²) in [5.41, 5.74) is 18.3. The van der Waals surface area contributed by atoms with Gasteiger partial charge >= 0.3 is 0 Å². The Labute approximate surface area is 558 Å². The van der Waals surface area contributed by atoms with Crippen LogP contribution >= 0.6 is 0 Å². The third kappa shape index (κ3) is 11.4. The molecule has 0 fully saturated rings. The van der Waals surface area contributed by atoms with Crippen molar-refractivity contribution in [3.8, 4) is 0 Å². The van der Waals surface area contributed by atoms with Gasteiger partial charge in [0.1, 0.15) is 0 Å². The molecule has 0 heterocycles. The lowest BCUT2D eigenvalue weighted by atomic mass is 9.84. The maximum Gasteiger partial charge on any atom is 0.0544 e. The number of fused-ring (bicyclic) bond motifs is 4. The summed E-state index contributed by atoms with van der Waals surface area (Å²) in [5, 5.41) is 9.10. The van der Waals surface area contributed by atoms with Gasteiger partial charge in [-0.3, -0.25) is 0 Å². The van der Waals surface area contributed by atoms with Crippen LogP contribution in [-0.4, -0.2) is 0 Å². The second-order valence-electron chi connectivity index (χ2n) is 26.6. The number of anilines is 15. The first-order chi connectivity index (χ1) is 46.5. The van der Waals surface area contributed by atoms with Crippen molar-refractivity contribution in [2.45, 2.75) is 52.4 Å². The van der Waals surface area contributed by atoms with Crippen LogP contribution in [0.3, 0.4) is 0 Å². The Hall–Kier alpha value is -11.7. The highest BCUT2D eigenvalue weighted by atomic mass is 15.2. The number of hydrogen-bond donors (Lipinski definition) is 0. The topological polar surface area (TPSA) is 16.2 Å². The molecule has 0 aliphatic heterocycles. The zero-order valence-corrected chi connectivity index (χ0v) is 54.6. The number of rotatable bonds is 15. The summed E-state index contributed by atoms with van der Waals surface area (Å²) in [5.74, 6) is 0. The molecule has 0 unspecified atom stereocenters. The second-order valence-corrected chi connectivity index (χ2v) is 26.6. The lowest BCUT2D eigenvalue weighted by Gasteiger charge is -2.34. The molecule has 0 amide bonds. The molecule has 15 aromatic carbocycles. The van der Waals surface area contributed by atoms with Crippen LogP contribution in [0.2, 0.25) is 0 Å². The van der Waals surface area contributed by atoms with Crippen molar-refractivity contribution in [2.24, 2.45) is 0 Å². The van der Waals surface area contributed by atoms with Gasteiger partial charge in [-0.05, 0) is 168 Å². The van der Waals surface area contributed by atoms with Crippen LogP contribution in [0, 0.1) is 0 Å². The Morgan fingerprint density at radius 1 is 0.158 bits per heavy atom. The van der Waals surface area contributed by atoms with E-state index in [0.717, 1.165) is 123 Å². The predicted octanol–water partition coefficient (Wildman–Crippen LogP) is 26.2. The summed E-state index contributed by atoms with van der Waals surface area (Å²) in [6, 6.07) is 126. The number of nitrogens with zero attached hydrogens (tertiary/aromatic N) is 5. The Bertz CT molecular complexity index is 5120.